The van der Waals surface area contributed by atoms with Gasteiger partial charge in [-0.15, -0.1) is 0 Å². The van der Waals surface area contributed by atoms with E-state index in [4.69, 9.17) is 5.26 Å². The SMILES string of the molecule is Cn1cc2c3c(c[nH]c3c1=O)CN(c1ccc(F)cc1)c1ccc(CC#N)cc1-2. The first-order valence-electron chi connectivity index (χ1n) is 9.30. The lowest BCUT2D eigenvalue weighted by Gasteiger charge is -2.26. The van der Waals surface area contributed by atoms with Gasteiger partial charge in [0.25, 0.3) is 5.56 Å². The second-order valence-electron chi connectivity index (χ2n) is 7.27. The molecule has 2 aromatic carbocycles. The molecule has 0 atom stereocenters. The molecule has 1 aliphatic rings. The van der Waals surface area contributed by atoms with Gasteiger partial charge in [-0.2, -0.15) is 5.26 Å². The number of halogens is 1. The fraction of sp³-hybridized carbons (Fsp3) is 0.130. The van der Waals surface area contributed by atoms with Crippen LogP contribution in [0, 0.1) is 17.1 Å². The van der Waals surface area contributed by atoms with Crippen LogP contribution < -0.4 is 10.5 Å². The van der Waals surface area contributed by atoms with Crippen molar-refractivity contribution in [2.24, 2.45) is 7.05 Å². The lowest BCUT2D eigenvalue weighted by atomic mass is 9.98. The molecular weight excluding hydrogens is 367 g/mol. The molecule has 1 aliphatic heterocycles. The summed E-state index contributed by atoms with van der Waals surface area (Å²) < 4.78 is 15.1. The van der Waals surface area contributed by atoms with E-state index in [2.05, 4.69) is 16.0 Å². The van der Waals surface area contributed by atoms with Crippen molar-refractivity contribution in [2.75, 3.05) is 4.90 Å². The molecule has 0 fully saturated rings. The maximum atomic E-state index is 13.5. The first-order valence-corrected chi connectivity index (χ1v) is 9.30. The van der Waals surface area contributed by atoms with Crippen LogP contribution in [0.2, 0.25) is 0 Å². The zero-order valence-electron chi connectivity index (χ0n) is 15.7. The lowest BCUT2D eigenvalue weighted by molar-refractivity contribution is 0.627. The average molecular weight is 384 g/mol. The predicted molar refractivity (Wildman–Crippen MR) is 111 cm³/mol. The Morgan fingerprint density at radius 2 is 1.97 bits per heavy atom. The monoisotopic (exact) mass is 384 g/mol. The maximum absolute atomic E-state index is 13.5. The van der Waals surface area contributed by atoms with E-state index < -0.39 is 0 Å². The largest absolute Gasteiger partial charge is 0.356 e. The van der Waals surface area contributed by atoms with Crippen molar-refractivity contribution in [1.29, 1.82) is 5.26 Å². The molecule has 4 aromatic rings. The third-order valence-corrected chi connectivity index (χ3v) is 5.48. The van der Waals surface area contributed by atoms with Crippen LogP contribution in [0.3, 0.4) is 0 Å². The van der Waals surface area contributed by atoms with Crippen molar-refractivity contribution < 1.29 is 4.39 Å². The summed E-state index contributed by atoms with van der Waals surface area (Å²) in [6.45, 7) is 0.538. The second kappa shape index (κ2) is 6.35. The maximum Gasteiger partial charge on any atom is 0.274 e. The number of nitriles is 1. The van der Waals surface area contributed by atoms with Gasteiger partial charge < -0.3 is 14.5 Å². The third kappa shape index (κ3) is 2.63. The Kier molecular flexibility index (Phi) is 3.78. The fourth-order valence-corrected chi connectivity index (χ4v) is 4.11. The average Bonchev–Trinajstić information content (AvgIpc) is 3.09. The quantitative estimate of drug-likeness (QED) is 0.557. The van der Waals surface area contributed by atoms with Crippen LogP contribution in [-0.2, 0) is 20.0 Å². The Hall–Kier alpha value is -3.85. The van der Waals surface area contributed by atoms with Gasteiger partial charge in [-0.05, 0) is 47.5 Å². The first-order chi connectivity index (χ1) is 14.1. The van der Waals surface area contributed by atoms with Gasteiger partial charge >= 0.3 is 0 Å². The number of hydrogen-bond acceptors (Lipinski definition) is 3. The van der Waals surface area contributed by atoms with Crippen molar-refractivity contribution in [3.8, 4) is 17.2 Å². The van der Waals surface area contributed by atoms with Crippen molar-refractivity contribution in [3.05, 3.63) is 82.2 Å². The third-order valence-electron chi connectivity index (χ3n) is 5.48. The van der Waals surface area contributed by atoms with Crippen LogP contribution in [0.5, 0.6) is 0 Å². The zero-order chi connectivity index (χ0) is 20.1. The van der Waals surface area contributed by atoms with Gasteiger partial charge in [-0.3, -0.25) is 4.79 Å². The number of aryl methyl sites for hydroxylation is 1. The molecule has 0 radical (unpaired) electrons. The van der Waals surface area contributed by atoms with Crippen LogP contribution >= 0.6 is 0 Å². The summed E-state index contributed by atoms with van der Waals surface area (Å²) in [5, 5.41) is 10.0. The molecule has 1 N–H and O–H groups in total. The Balaban J connectivity index is 1.85. The van der Waals surface area contributed by atoms with Gasteiger partial charge in [-0.1, -0.05) is 6.07 Å². The minimum Gasteiger partial charge on any atom is -0.356 e. The molecule has 6 heteroatoms. The van der Waals surface area contributed by atoms with Crippen LogP contribution in [0.1, 0.15) is 11.1 Å². The minimum absolute atomic E-state index is 0.0834. The molecule has 5 nitrogen and oxygen atoms in total. The molecule has 0 spiro atoms. The molecule has 5 rings (SSSR count). The second-order valence-corrected chi connectivity index (χ2v) is 7.27. The van der Waals surface area contributed by atoms with Crippen LogP contribution in [0.4, 0.5) is 15.8 Å². The highest BCUT2D eigenvalue weighted by Gasteiger charge is 2.25. The molecule has 0 saturated carbocycles. The summed E-state index contributed by atoms with van der Waals surface area (Å²) in [4.78, 5) is 17.9. The molecule has 0 aliphatic carbocycles. The highest BCUT2D eigenvalue weighted by Crippen LogP contribution is 2.43. The highest BCUT2D eigenvalue weighted by atomic mass is 19.1. The number of nitrogens with zero attached hydrogens (tertiary/aromatic N) is 3. The highest BCUT2D eigenvalue weighted by molar-refractivity contribution is 6.02. The number of anilines is 2. The van der Waals surface area contributed by atoms with Gasteiger partial charge in [0.15, 0.2) is 0 Å². The van der Waals surface area contributed by atoms with E-state index in [9.17, 15) is 9.18 Å². The number of fused-ring (bicyclic) bond motifs is 2. The molecular formula is C23H17FN4O. The van der Waals surface area contributed by atoms with Crippen molar-refractivity contribution in [3.63, 3.8) is 0 Å². The number of hydrogen-bond donors (Lipinski definition) is 1. The molecule has 0 unspecified atom stereocenters. The van der Waals surface area contributed by atoms with E-state index in [0.29, 0.717) is 18.5 Å². The smallest absolute Gasteiger partial charge is 0.274 e. The Morgan fingerprint density at radius 1 is 1.17 bits per heavy atom. The Labute approximate surface area is 166 Å². The molecule has 0 bridgehead atoms. The van der Waals surface area contributed by atoms with Crippen LogP contribution in [0.15, 0.2) is 59.7 Å². The number of aromatic nitrogens is 2. The summed E-state index contributed by atoms with van der Waals surface area (Å²) in [5.41, 5.74) is 6.08. The van der Waals surface area contributed by atoms with Gasteiger partial charge in [0.05, 0.1) is 19.0 Å². The summed E-state index contributed by atoms with van der Waals surface area (Å²) in [7, 11) is 1.74. The molecule has 142 valence electrons. The zero-order valence-corrected chi connectivity index (χ0v) is 15.7. The molecule has 3 heterocycles. The summed E-state index contributed by atoms with van der Waals surface area (Å²) in [5.74, 6) is -0.288. The van der Waals surface area contributed by atoms with E-state index in [1.807, 2.05) is 30.6 Å². The van der Waals surface area contributed by atoms with E-state index in [-0.39, 0.29) is 11.4 Å². The Bertz CT molecular complexity index is 1360. The molecule has 29 heavy (non-hydrogen) atoms. The molecule has 0 saturated heterocycles. The number of H-pyrrole nitrogens is 1. The van der Waals surface area contributed by atoms with Gasteiger partial charge in [0.2, 0.25) is 0 Å². The molecule has 2 aromatic heterocycles. The Morgan fingerprint density at radius 3 is 2.72 bits per heavy atom. The number of nitrogens with one attached hydrogen (secondary N) is 1. The summed E-state index contributed by atoms with van der Waals surface area (Å²) in [6, 6.07) is 14.5. The standard InChI is InChI=1S/C23H17FN4O/c1-27-13-19-18-10-14(8-9-25)2-7-20(18)28(17-5-3-16(24)4-6-17)12-15-11-26-22(21(15)19)23(27)29/h2-7,10-11,13,26H,8,12H2,1H3. The van der Waals surface area contributed by atoms with Crippen molar-refractivity contribution in [2.45, 2.75) is 13.0 Å². The van der Waals surface area contributed by atoms with Gasteiger partial charge in [0.1, 0.15) is 11.3 Å². The topological polar surface area (TPSA) is 64.8 Å². The van der Waals surface area contributed by atoms with E-state index in [1.54, 1.807) is 23.7 Å². The summed E-state index contributed by atoms with van der Waals surface area (Å²) in [6.07, 6.45) is 4.03. The van der Waals surface area contributed by atoms with Crippen LogP contribution in [-0.4, -0.2) is 9.55 Å². The van der Waals surface area contributed by atoms with Crippen molar-refractivity contribution in [1.82, 2.24) is 9.55 Å². The van der Waals surface area contributed by atoms with Crippen molar-refractivity contribution >= 4 is 22.3 Å². The minimum atomic E-state index is -0.288. The number of benzene rings is 2. The van der Waals surface area contributed by atoms with Gasteiger partial charge in [-0.25, -0.2) is 4.39 Å². The lowest BCUT2D eigenvalue weighted by Crippen LogP contribution is -2.16. The van der Waals surface area contributed by atoms with E-state index >= 15 is 0 Å². The first kappa shape index (κ1) is 17.3. The van der Waals surface area contributed by atoms with Crippen LogP contribution in [0.25, 0.3) is 22.0 Å². The number of aromatic amines is 1. The number of rotatable bonds is 2. The van der Waals surface area contributed by atoms with Gasteiger partial charge in [0, 0.05) is 47.3 Å². The van der Waals surface area contributed by atoms with E-state index in [1.165, 1.54) is 12.1 Å². The van der Waals surface area contributed by atoms with E-state index in [0.717, 1.165) is 39.0 Å². The normalized spacial score (nSPS) is 12.5. The predicted octanol–water partition coefficient (Wildman–Crippen LogP) is 4.39. The number of pyridine rings is 1. The summed E-state index contributed by atoms with van der Waals surface area (Å²) >= 11 is 0. The molecule has 0 amide bonds. The fourth-order valence-electron chi connectivity index (χ4n) is 4.11.